The molecule has 0 N–H and O–H groups in total. The molecule has 0 rings (SSSR count). The van der Waals surface area contributed by atoms with E-state index >= 15 is 0 Å². The first-order chi connectivity index (χ1) is 6.67. The molecule has 0 aliphatic heterocycles. The van der Waals surface area contributed by atoms with Crippen LogP contribution >= 0.6 is 0 Å². The summed E-state index contributed by atoms with van der Waals surface area (Å²) in [6.45, 7) is 3.25. The topological polar surface area (TPSA) is 72.6 Å². The van der Waals surface area contributed by atoms with Gasteiger partial charge in [0.2, 0.25) is 6.08 Å². The molecule has 0 radical (unpaired) electrons. The Labute approximate surface area is 81.3 Å². The van der Waals surface area contributed by atoms with E-state index in [4.69, 9.17) is 0 Å². The number of hydrogen-bond donors (Lipinski definition) is 0. The van der Waals surface area contributed by atoms with Crippen molar-refractivity contribution in [3.8, 4) is 0 Å². The van der Waals surface area contributed by atoms with Gasteiger partial charge in [-0.15, -0.1) is 0 Å². The molecule has 0 unspecified atom stereocenters. The van der Waals surface area contributed by atoms with Gasteiger partial charge < -0.3 is 0 Å². The van der Waals surface area contributed by atoms with E-state index in [1.807, 2.05) is 0 Å². The third-order valence-corrected chi connectivity index (χ3v) is 1.35. The van der Waals surface area contributed by atoms with Gasteiger partial charge in [0.05, 0.1) is 4.92 Å². The fourth-order valence-corrected chi connectivity index (χ4v) is 0.763. The lowest BCUT2D eigenvalue weighted by Crippen LogP contribution is -2.00. The van der Waals surface area contributed by atoms with E-state index in [2.05, 4.69) is 4.99 Å². The third-order valence-electron chi connectivity index (χ3n) is 1.35. The highest BCUT2D eigenvalue weighted by molar-refractivity contribution is 5.42. The summed E-state index contributed by atoms with van der Waals surface area (Å²) in [6, 6.07) is 0. The molecule has 0 aromatic heterocycles. The maximum Gasteiger partial charge on any atom is 0.291 e. The number of aliphatic imine (C=N–C) groups is 1. The molecular weight excluding hydrogens is 184 g/mol. The first kappa shape index (κ1) is 12.0. The number of isocyanates is 1. The Morgan fingerprint density at radius 2 is 2.14 bits per heavy atom. The smallest absolute Gasteiger partial charge is 0.258 e. The molecule has 0 bridgehead atoms. The van der Waals surface area contributed by atoms with Gasteiger partial charge in [-0.2, -0.15) is 4.99 Å². The Morgan fingerprint density at radius 3 is 2.50 bits per heavy atom. The van der Waals surface area contributed by atoms with Gasteiger partial charge in [-0.25, -0.2) is 4.79 Å². The van der Waals surface area contributed by atoms with E-state index in [1.54, 1.807) is 19.1 Å². The highest BCUT2D eigenvalue weighted by Crippen LogP contribution is 2.11. The molecule has 14 heavy (non-hydrogen) atoms. The summed E-state index contributed by atoms with van der Waals surface area (Å²) in [6.07, 6.45) is 7.16. The Hall–Kier alpha value is -2.00. The van der Waals surface area contributed by atoms with Crippen LogP contribution in [0.4, 0.5) is 0 Å². The van der Waals surface area contributed by atoms with Crippen molar-refractivity contribution >= 4 is 6.08 Å². The lowest BCUT2D eigenvalue weighted by atomic mass is 10.3. The summed E-state index contributed by atoms with van der Waals surface area (Å²) in [5.74, 6) is 0. The Morgan fingerprint density at radius 1 is 1.50 bits per heavy atom. The zero-order valence-electron chi connectivity index (χ0n) is 7.93. The van der Waals surface area contributed by atoms with Crippen molar-refractivity contribution < 1.29 is 9.72 Å². The maximum absolute atomic E-state index is 10.5. The number of allylic oxidation sites excluding steroid dienone is 4. The second-order valence-corrected chi connectivity index (χ2v) is 2.21. The van der Waals surface area contributed by atoms with Crippen LogP contribution in [0, 0.1) is 10.1 Å². The predicted octanol–water partition coefficient (Wildman–Crippen LogP) is 1.96. The molecule has 0 aliphatic rings. The molecule has 0 saturated carbocycles. The molecular formula is C9H10N2O3. The van der Waals surface area contributed by atoms with Crippen LogP contribution in [0.5, 0.6) is 0 Å². The SMILES string of the molecule is C\C=C/C=C(N=C=O)\C(=C/C)[N+](=O)[O-]. The summed E-state index contributed by atoms with van der Waals surface area (Å²) >= 11 is 0. The van der Waals surface area contributed by atoms with Crippen molar-refractivity contribution in [2.24, 2.45) is 4.99 Å². The van der Waals surface area contributed by atoms with Gasteiger partial charge in [0.25, 0.3) is 5.70 Å². The molecule has 0 fully saturated rings. The van der Waals surface area contributed by atoms with E-state index in [-0.39, 0.29) is 11.4 Å². The van der Waals surface area contributed by atoms with Gasteiger partial charge in [0.1, 0.15) is 0 Å². The van der Waals surface area contributed by atoms with Crippen molar-refractivity contribution in [2.75, 3.05) is 0 Å². The lowest BCUT2D eigenvalue weighted by Gasteiger charge is -1.94. The van der Waals surface area contributed by atoms with E-state index in [9.17, 15) is 14.9 Å². The summed E-state index contributed by atoms with van der Waals surface area (Å²) < 4.78 is 0. The third kappa shape index (κ3) is 3.60. The molecule has 0 saturated heterocycles. The molecule has 0 aliphatic carbocycles. The van der Waals surface area contributed by atoms with Crippen molar-refractivity contribution in [3.05, 3.63) is 45.8 Å². The Bertz CT molecular complexity index is 347. The molecule has 0 aromatic carbocycles. The Kier molecular flexibility index (Phi) is 5.58. The largest absolute Gasteiger partial charge is 0.291 e. The van der Waals surface area contributed by atoms with Crippen LogP contribution in [-0.4, -0.2) is 11.0 Å². The van der Waals surface area contributed by atoms with Crippen molar-refractivity contribution in [1.82, 2.24) is 0 Å². The highest BCUT2D eigenvalue weighted by Gasteiger charge is 2.14. The summed E-state index contributed by atoms with van der Waals surface area (Å²) in [5.41, 5.74) is -0.225. The lowest BCUT2D eigenvalue weighted by molar-refractivity contribution is -0.421. The van der Waals surface area contributed by atoms with E-state index in [0.717, 1.165) is 0 Å². The van der Waals surface area contributed by atoms with Gasteiger partial charge in [-0.05, 0) is 26.0 Å². The maximum atomic E-state index is 10.5. The fraction of sp³-hybridized carbons (Fsp3) is 0.222. The van der Waals surface area contributed by atoms with E-state index in [0.29, 0.717) is 0 Å². The van der Waals surface area contributed by atoms with Crippen molar-refractivity contribution in [1.29, 1.82) is 0 Å². The monoisotopic (exact) mass is 194 g/mol. The van der Waals surface area contributed by atoms with Crippen molar-refractivity contribution in [3.63, 3.8) is 0 Å². The minimum atomic E-state index is -0.601. The van der Waals surface area contributed by atoms with Crippen LogP contribution in [0.15, 0.2) is 40.7 Å². The number of nitro groups is 1. The second-order valence-electron chi connectivity index (χ2n) is 2.21. The fourth-order valence-electron chi connectivity index (χ4n) is 0.763. The van der Waals surface area contributed by atoms with Crippen LogP contribution in [0.1, 0.15) is 13.8 Å². The van der Waals surface area contributed by atoms with Gasteiger partial charge in [-0.3, -0.25) is 10.1 Å². The van der Waals surface area contributed by atoms with Gasteiger partial charge >= 0.3 is 0 Å². The molecule has 0 aromatic rings. The molecule has 0 spiro atoms. The molecule has 5 heteroatoms. The molecule has 5 nitrogen and oxygen atoms in total. The summed E-state index contributed by atoms with van der Waals surface area (Å²) in [4.78, 5) is 23.2. The average Bonchev–Trinajstić information content (AvgIpc) is 2.14. The van der Waals surface area contributed by atoms with Crippen LogP contribution in [0.3, 0.4) is 0 Å². The minimum absolute atomic E-state index is 0.00870. The number of rotatable bonds is 4. The minimum Gasteiger partial charge on any atom is -0.258 e. The number of carbonyl (C=O) groups excluding carboxylic acids is 1. The molecule has 0 atom stereocenters. The van der Waals surface area contributed by atoms with E-state index in [1.165, 1.54) is 25.2 Å². The van der Waals surface area contributed by atoms with Crippen LogP contribution in [-0.2, 0) is 4.79 Å². The first-order valence-electron chi connectivity index (χ1n) is 3.89. The second kappa shape index (κ2) is 6.51. The number of hydrogen-bond acceptors (Lipinski definition) is 4. The van der Waals surface area contributed by atoms with Gasteiger partial charge in [-0.1, -0.05) is 12.2 Å². The van der Waals surface area contributed by atoms with Crippen LogP contribution in [0.25, 0.3) is 0 Å². The van der Waals surface area contributed by atoms with Gasteiger partial charge in [0.15, 0.2) is 5.70 Å². The van der Waals surface area contributed by atoms with Gasteiger partial charge in [0, 0.05) is 0 Å². The molecule has 0 amide bonds. The van der Waals surface area contributed by atoms with Crippen LogP contribution < -0.4 is 0 Å². The zero-order valence-corrected chi connectivity index (χ0v) is 7.93. The standard InChI is InChI=1S/C9H10N2O3/c1-3-5-6-8(10-7-12)9(4-2)11(13)14/h3-6H,1-2H3/b5-3-,8-6+,9-4+. The first-order valence-corrected chi connectivity index (χ1v) is 3.89. The zero-order chi connectivity index (χ0) is 11.0. The highest BCUT2D eigenvalue weighted by atomic mass is 16.6. The van der Waals surface area contributed by atoms with Crippen LogP contribution in [0.2, 0.25) is 0 Å². The summed E-state index contributed by atoms with van der Waals surface area (Å²) in [7, 11) is 0. The quantitative estimate of drug-likeness (QED) is 0.226. The van der Waals surface area contributed by atoms with Crippen molar-refractivity contribution in [2.45, 2.75) is 13.8 Å². The summed E-state index contributed by atoms with van der Waals surface area (Å²) in [5, 5.41) is 10.5. The number of nitrogens with zero attached hydrogens (tertiary/aromatic N) is 2. The molecule has 0 heterocycles. The molecule has 74 valence electrons. The average molecular weight is 194 g/mol. The predicted molar refractivity (Wildman–Crippen MR) is 51.8 cm³/mol. The Balaban J connectivity index is 5.19. The normalized spacial score (nSPS) is 12.7. The van der Waals surface area contributed by atoms with E-state index < -0.39 is 4.92 Å².